The Kier molecular flexibility index (Phi) is 4.99. The molecule has 2 nitrogen and oxygen atoms in total. The van der Waals surface area contributed by atoms with Gasteiger partial charge in [0.25, 0.3) is 0 Å². The van der Waals surface area contributed by atoms with Gasteiger partial charge in [0.05, 0.1) is 15.9 Å². The average molecular weight is 493 g/mol. The molecule has 0 atom stereocenters. The number of aromatic nitrogens is 2. The highest BCUT2D eigenvalue weighted by Gasteiger charge is 2.39. The van der Waals surface area contributed by atoms with Crippen molar-refractivity contribution in [2.24, 2.45) is 0 Å². The Bertz CT molecular complexity index is 1680. The maximum absolute atomic E-state index is 4.91. The summed E-state index contributed by atoms with van der Waals surface area (Å²) in [4.78, 5) is 9.79. The molecule has 1 aliphatic rings. The van der Waals surface area contributed by atoms with E-state index >= 15 is 0 Å². The summed E-state index contributed by atoms with van der Waals surface area (Å²) in [7, 11) is 0. The smallest absolute Gasteiger partial charge is 0.116 e. The average Bonchev–Trinajstić information content (AvgIpc) is 3.20. The van der Waals surface area contributed by atoms with Gasteiger partial charge in [0.2, 0.25) is 0 Å². The van der Waals surface area contributed by atoms with E-state index in [0.29, 0.717) is 0 Å². The molecule has 1 aliphatic carbocycles. The summed E-state index contributed by atoms with van der Waals surface area (Å²) in [5.41, 5.74) is 9.45. The van der Waals surface area contributed by atoms with Crippen molar-refractivity contribution >= 4 is 42.4 Å². The predicted octanol–water partition coefficient (Wildman–Crippen LogP) is 9.62. The van der Waals surface area contributed by atoms with Crippen LogP contribution in [0, 0.1) is 6.92 Å². The Balaban J connectivity index is 1.71. The lowest BCUT2D eigenvalue weighted by Gasteiger charge is -2.42. The van der Waals surface area contributed by atoms with Crippen LogP contribution in [0.5, 0.6) is 0 Å². The minimum atomic E-state index is 0.0349. The zero-order valence-electron chi connectivity index (χ0n) is 22.8. The Hall–Kier alpha value is -2.78. The molecule has 36 heavy (non-hydrogen) atoms. The van der Waals surface area contributed by atoms with Crippen molar-refractivity contribution in [1.82, 2.24) is 9.97 Å². The van der Waals surface area contributed by atoms with E-state index in [0.717, 1.165) is 11.2 Å². The molecule has 0 N–H and O–H groups in total. The Morgan fingerprint density at radius 2 is 1.58 bits per heavy atom. The summed E-state index contributed by atoms with van der Waals surface area (Å²) >= 11 is 1.91. The molecule has 184 valence electrons. The van der Waals surface area contributed by atoms with Crippen LogP contribution in [0.15, 0.2) is 48.8 Å². The first-order valence-electron chi connectivity index (χ1n) is 13.1. The Morgan fingerprint density at radius 1 is 0.861 bits per heavy atom. The van der Waals surface area contributed by atoms with E-state index in [-0.39, 0.29) is 16.2 Å². The van der Waals surface area contributed by atoms with Crippen molar-refractivity contribution in [2.75, 3.05) is 0 Å². The normalized spacial score (nSPS) is 17.1. The van der Waals surface area contributed by atoms with Crippen LogP contribution in [0.25, 0.3) is 42.3 Å². The highest BCUT2D eigenvalue weighted by Crippen LogP contribution is 2.52. The van der Waals surface area contributed by atoms with Gasteiger partial charge in [-0.25, -0.2) is 9.97 Å². The molecular weight excluding hydrogens is 456 g/mol. The standard InChI is InChI=1S/C33H36N2S/c1-19-15-24-26(33(7,8)14-13-32(24,5)6)29-25(19)28-30(36-29)27(34-18-35-28)21-16-20-11-9-10-12-22(20)23(17-21)31(2,3)4/h9-12,15-18H,13-14H2,1-8H3. The van der Waals surface area contributed by atoms with Gasteiger partial charge >= 0.3 is 0 Å². The molecule has 0 bridgehead atoms. The van der Waals surface area contributed by atoms with Crippen molar-refractivity contribution < 1.29 is 0 Å². The summed E-state index contributed by atoms with van der Waals surface area (Å²) in [6.45, 7) is 18.8. The molecule has 3 aromatic carbocycles. The lowest BCUT2D eigenvalue weighted by molar-refractivity contribution is 0.334. The first-order chi connectivity index (χ1) is 16.9. The third-order valence-corrected chi connectivity index (χ3v) is 9.65. The first-order valence-corrected chi connectivity index (χ1v) is 14.0. The molecule has 0 spiro atoms. The third-order valence-electron chi connectivity index (χ3n) is 8.45. The lowest BCUT2D eigenvalue weighted by atomic mass is 9.62. The SMILES string of the molecule is Cc1cc2c(c3sc4c(-c5cc(C(C)(C)C)c6ccccc6c5)ncnc4c13)C(C)(C)CCC2(C)C. The number of aryl methyl sites for hydroxylation is 1. The first kappa shape index (κ1) is 23.6. The summed E-state index contributed by atoms with van der Waals surface area (Å²) in [6.07, 6.45) is 4.20. The van der Waals surface area contributed by atoms with E-state index in [1.807, 2.05) is 11.3 Å². The largest absolute Gasteiger partial charge is 0.235 e. The Morgan fingerprint density at radius 3 is 2.33 bits per heavy atom. The Labute approximate surface area is 218 Å². The van der Waals surface area contributed by atoms with Crippen molar-refractivity contribution in [2.45, 2.75) is 84.5 Å². The fourth-order valence-corrected chi connectivity index (χ4v) is 7.87. The van der Waals surface area contributed by atoms with Gasteiger partial charge in [-0.2, -0.15) is 0 Å². The topological polar surface area (TPSA) is 25.8 Å². The molecular formula is C33H36N2S. The van der Waals surface area contributed by atoms with E-state index in [2.05, 4.69) is 97.9 Å². The highest BCUT2D eigenvalue weighted by atomic mass is 32.1. The van der Waals surface area contributed by atoms with Crippen molar-refractivity contribution in [3.63, 3.8) is 0 Å². The molecule has 0 aliphatic heterocycles. The van der Waals surface area contributed by atoms with Crippen molar-refractivity contribution in [1.29, 1.82) is 0 Å². The second-order valence-electron chi connectivity index (χ2n) is 13.1. The maximum Gasteiger partial charge on any atom is 0.116 e. The second-order valence-corrected chi connectivity index (χ2v) is 14.1. The second kappa shape index (κ2) is 7.61. The van der Waals surface area contributed by atoms with Gasteiger partial charge in [0.15, 0.2) is 0 Å². The lowest BCUT2D eigenvalue weighted by Crippen LogP contribution is -2.34. The van der Waals surface area contributed by atoms with Gasteiger partial charge in [-0.15, -0.1) is 11.3 Å². The molecule has 5 aromatic rings. The van der Waals surface area contributed by atoms with E-state index in [4.69, 9.17) is 9.97 Å². The molecule has 0 amide bonds. The van der Waals surface area contributed by atoms with Gasteiger partial charge in [-0.3, -0.25) is 0 Å². The van der Waals surface area contributed by atoms with Crippen LogP contribution >= 0.6 is 11.3 Å². The van der Waals surface area contributed by atoms with Crippen LogP contribution in [0.1, 0.15) is 83.6 Å². The maximum atomic E-state index is 4.91. The molecule has 3 heteroatoms. The van der Waals surface area contributed by atoms with Crippen molar-refractivity contribution in [3.05, 3.63) is 71.0 Å². The van der Waals surface area contributed by atoms with Crippen molar-refractivity contribution in [3.8, 4) is 11.3 Å². The van der Waals surface area contributed by atoms with E-state index < -0.39 is 0 Å². The summed E-state index contributed by atoms with van der Waals surface area (Å²) in [5.74, 6) is 0. The van der Waals surface area contributed by atoms with Gasteiger partial charge < -0.3 is 0 Å². The third kappa shape index (κ3) is 3.43. The van der Waals surface area contributed by atoms with E-state index in [1.54, 1.807) is 6.33 Å². The molecule has 0 saturated carbocycles. The summed E-state index contributed by atoms with van der Waals surface area (Å²) < 4.78 is 2.62. The predicted molar refractivity (Wildman–Crippen MR) is 157 cm³/mol. The van der Waals surface area contributed by atoms with Gasteiger partial charge in [-0.05, 0) is 81.2 Å². The number of rotatable bonds is 1. The van der Waals surface area contributed by atoms with E-state index in [1.165, 1.54) is 66.2 Å². The zero-order valence-corrected chi connectivity index (χ0v) is 23.7. The minimum absolute atomic E-state index is 0.0349. The summed E-state index contributed by atoms with van der Waals surface area (Å²) in [5, 5.41) is 3.91. The molecule has 2 heterocycles. The quantitative estimate of drug-likeness (QED) is 0.233. The fraction of sp³-hybridized carbons (Fsp3) is 0.394. The minimum Gasteiger partial charge on any atom is -0.235 e. The molecule has 0 fully saturated rings. The molecule has 6 rings (SSSR count). The number of benzene rings is 3. The van der Waals surface area contributed by atoms with Crippen LogP contribution in [-0.2, 0) is 16.2 Å². The summed E-state index contributed by atoms with van der Waals surface area (Å²) in [6, 6.07) is 15.9. The van der Waals surface area contributed by atoms with Crippen LogP contribution < -0.4 is 0 Å². The van der Waals surface area contributed by atoms with Gasteiger partial charge in [0.1, 0.15) is 6.33 Å². The van der Waals surface area contributed by atoms with Crippen LogP contribution in [0.4, 0.5) is 0 Å². The number of fused-ring (bicyclic) bond motifs is 6. The monoisotopic (exact) mass is 492 g/mol. The van der Waals surface area contributed by atoms with E-state index in [9.17, 15) is 0 Å². The van der Waals surface area contributed by atoms with Crippen LogP contribution in [0.2, 0.25) is 0 Å². The molecule has 0 unspecified atom stereocenters. The van der Waals surface area contributed by atoms with Gasteiger partial charge in [0, 0.05) is 15.6 Å². The van der Waals surface area contributed by atoms with Crippen LogP contribution in [0.3, 0.4) is 0 Å². The number of thiophene rings is 1. The number of hydrogen-bond donors (Lipinski definition) is 0. The molecule has 0 radical (unpaired) electrons. The number of hydrogen-bond acceptors (Lipinski definition) is 3. The highest BCUT2D eigenvalue weighted by molar-refractivity contribution is 7.26. The van der Waals surface area contributed by atoms with Crippen LogP contribution in [-0.4, -0.2) is 9.97 Å². The molecule has 2 aromatic heterocycles. The van der Waals surface area contributed by atoms with Gasteiger partial charge in [-0.1, -0.05) is 78.8 Å². The fourth-order valence-electron chi connectivity index (χ4n) is 6.30. The zero-order chi connectivity index (χ0) is 25.6. The number of nitrogens with zero attached hydrogens (tertiary/aromatic N) is 2. The molecule has 0 saturated heterocycles.